The number of nitrogens with two attached hydrogens (primary N) is 1. The monoisotopic (exact) mass is 132 g/mol. The van der Waals surface area contributed by atoms with Crippen LogP contribution < -0.4 is 10.5 Å². The van der Waals surface area contributed by atoms with Gasteiger partial charge in [0.15, 0.2) is 0 Å². The molecule has 1 rings (SSSR count). The summed E-state index contributed by atoms with van der Waals surface area (Å²) >= 11 is 1.53. The standard InChI is InChI=1S/C3H5N2PS/c4-2-1-7-3(6)5-2/h1H,4,6H2. The van der Waals surface area contributed by atoms with Gasteiger partial charge in [0.05, 0.1) is 0 Å². The van der Waals surface area contributed by atoms with Gasteiger partial charge in [0.2, 0.25) is 0 Å². The van der Waals surface area contributed by atoms with Crippen LogP contribution in [-0.4, -0.2) is 4.98 Å². The first-order valence-electron chi connectivity index (χ1n) is 1.75. The van der Waals surface area contributed by atoms with E-state index >= 15 is 0 Å². The number of nitrogen functional groups attached to an aromatic ring is 1. The first-order chi connectivity index (χ1) is 3.29. The van der Waals surface area contributed by atoms with Gasteiger partial charge < -0.3 is 5.73 Å². The smallest absolute Gasteiger partial charge is 0.135 e. The van der Waals surface area contributed by atoms with E-state index in [1.807, 2.05) is 5.38 Å². The average Bonchev–Trinajstić information content (AvgIpc) is 1.87. The zero-order valence-electron chi connectivity index (χ0n) is 3.59. The molecule has 0 saturated carbocycles. The van der Waals surface area contributed by atoms with Crippen molar-refractivity contribution in [1.29, 1.82) is 0 Å². The van der Waals surface area contributed by atoms with E-state index in [1.165, 1.54) is 11.3 Å². The van der Waals surface area contributed by atoms with Crippen LogP contribution in [0.3, 0.4) is 0 Å². The fourth-order valence-corrected chi connectivity index (χ4v) is 1.11. The molecule has 0 aliphatic carbocycles. The Morgan fingerprint density at radius 2 is 2.57 bits per heavy atom. The van der Waals surface area contributed by atoms with Gasteiger partial charge in [0.25, 0.3) is 0 Å². The molecule has 4 heteroatoms. The minimum Gasteiger partial charge on any atom is -0.383 e. The van der Waals surface area contributed by atoms with Gasteiger partial charge in [0.1, 0.15) is 10.6 Å². The molecule has 0 spiro atoms. The Hall–Kier alpha value is -0.140. The third-order valence-electron chi connectivity index (χ3n) is 0.540. The molecule has 0 bridgehead atoms. The number of anilines is 1. The zero-order chi connectivity index (χ0) is 5.28. The van der Waals surface area contributed by atoms with Crippen LogP contribution in [0.25, 0.3) is 0 Å². The van der Waals surface area contributed by atoms with E-state index in [1.54, 1.807) is 0 Å². The second kappa shape index (κ2) is 1.76. The first kappa shape index (κ1) is 5.01. The number of hydrogen-bond acceptors (Lipinski definition) is 3. The van der Waals surface area contributed by atoms with E-state index in [2.05, 4.69) is 14.2 Å². The molecule has 0 saturated heterocycles. The van der Waals surface area contributed by atoms with Crippen molar-refractivity contribution in [3.05, 3.63) is 5.38 Å². The molecule has 7 heavy (non-hydrogen) atoms. The van der Waals surface area contributed by atoms with Gasteiger partial charge in [-0.15, -0.1) is 11.3 Å². The predicted octanol–water partition coefficient (Wildman–Crippen LogP) is 0.226. The van der Waals surface area contributed by atoms with E-state index in [0.29, 0.717) is 5.82 Å². The summed E-state index contributed by atoms with van der Waals surface area (Å²) < 4.78 is 0.942. The van der Waals surface area contributed by atoms with Crippen LogP contribution in [0.5, 0.6) is 0 Å². The number of rotatable bonds is 0. The number of nitrogens with zero attached hydrogens (tertiary/aromatic N) is 1. The van der Waals surface area contributed by atoms with Crippen molar-refractivity contribution in [3.63, 3.8) is 0 Å². The quantitative estimate of drug-likeness (QED) is 0.513. The Kier molecular flexibility index (Phi) is 1.26. The van der Waals surface area contributed by atoms with Crippen molar-refractivity contribution in [3.8, 4) is 0 Å². The summed E-state index contributed by atoms with van der Waals surface area (Å²) in [5.41, 5.74) is 5.26. The summed E-state index contributed by atoms with van der Waals surface area (Å²) in [4.78, 5) is 3.87. The van der Waals surface area contributed by atoms with Gasteiger partial charge in [-0.3, -0.25) is 0 Å². The molecule has 0 amide bonds. The molecule has 0 aromatic carbocycles. The van der Waals surface area contributed by atoms with Crippen LogP contribution in [0.1, 0.15) is 0 Å². The molecular formula is C3H5N2PS. The van der Waals surface area contributed by atoms with Gasteiger partial charge in [0, 0.05) is 5.38 Å². The molecule has 0 aliphatic rings. The highest BCUT2D eigenvalue weighted by Gasteiger charge is 1.86. The zero-order valence-corrected chi connectivity index (χ0v) is 5.56. The Bertz CT molecular complexity index is 145. The van der Waals surface area contributed by atoms with Crippen molar-refractivity contribution in [2.45, 2.75) is 0 Å². The Labute approximate surface area is 48.0 Å². The molecular weight excluding hydrogens is 127 g/mol. The van der Waals surface area contributed by atoms with Crippen molar-refractivity contribution in [2.75, 3.05) is 5.73 Å². The number of aromatic nitrogens is 1. The second-order valence-corrected chi connectivity index (χ2v) is 2.97. The molecule has 1 unspecified atom stereocenters. The van der Waals surface area contributed by atoms with Gasteiger partial charge in [-0.25, -0.2) is 4.98 Å². The summed E-state index contributed by atoms with van der Waals surface area (Å²) in [6.07, 6.45) is 0. The van der Waals surface area contributed by atoms with Crippen molar-refractivity contribution < 1.29 is 0 Å². The van der Waals surface area contributed by atoms with E-state index in [4.69, 9.17) is 5.73 Å². The van der Waals surface area contributed by atoms with Crippen LogP contribution in [0.15, 0.2) is 5.38 Å². The fraction of sp³-hybridized carbons (Fsp3) is 0. The third-order valence-corrected chi connectivity index (χ3v) is 1.77. The summed E-state index contributed by atoms with van der Waals surface area (Å²) in [7, 11) is 2.48. The average molecular weight is 132 g/mol. The van der Waals surface area contributed by atoms with E-state index in [0.717, 1.165) is 4.75 Å². The molecule has 0 radical (unpaired) electrons. The summed E-state index contributed by atoms with van der Waals surface area (Å²) in [5.74, 6) is 0.606. The lowest BCUT2D eigenvalue weighted by Gasteiger charge is -1.72. The van der Waals surface area contributed by atoms with Crippen molar-refractivity contribution >= 4 is 31.1 Å². The van der Waals surface area contributed by atoms with E-state index in [9.17, 15) is 0 Å². The lowest BCUT2D eigenvalue weighted by atomic mass is 10.9. The minimum absolute atomic E-state index is 0.606. The van der Waals surface area contributed by atoms with Crippen LogP contribution in [0.4, 0.5) is 5.82 Å². The van der Waals surface area contributed by atoms with Gasteiger partial charge in [-0.2, -0.15) is 0 Å². The maximum absolute atomic E-state index is 5.26. The molecule has 1 aromatic heterocycles. The molecule has 1 atom stereocenters. The lowest BCUT2D eigenvalue weighted by Crippen LogP contribution is -1.88. The number of hydrogen-bond donors (Lipinski definition) is 1. The largest absolute Gasteiger partial charge is 0.383 e. The maximum atomic E-state index is 5.26. The van der Waals surface area contributed by atoms with E-state index in [-0.39, 0.29) is 0 Å². The minimum atomic E-state index is 0.606. The van der Waals surface area contributed by atoms with Gasteiger partial charge >= 0.3 is 0 Å². The van der Waals surface area contributed by atoms with Crippen molar-refractivity contribution in [1.82, 2.24) is 4.98 Å². The number of thiazole rings is 1. The molecule has 2 N–H and O–H groups in total. The third kappa shape index (κ3) is 1.11. The van der Waals surface area contributed by atoms with Crippen LogP contribution in [-0.2, 0) is 0 Å². The van der Waals surface area contributed by atoms with Gasteiger partial charge in [-0.1, -0.05) is 9.24 Å². The highest BCUT2D eigenvalue weighted by molar-refractivity contribution is 7.42. The highest BCUT2D eigenvalue weighted by Crippen LogP contribution is 2.01. The van der Waals surface area contributed by atoms with Crippen LogP contribution >= 0.6 is 20.6 Å². The molecule has 0 fully saturated rings. The topological polar surface area (TPSA) is 38.9 Å². The molecule has 1 aromatic rings. The lowest BCUT2D eigenvalue weighted by molar-refractivity contribution is 1.48. The molecule has 2 nitrogen and oxygen atoms in total. The molecule has 0 aliphatic heterocycles. The van der Waals surface area contributed by atoms with Gasteiger partial charge in [-0.05, 0) is 0 Å². The Balaban J connectivity index is 3.04. The Morgan fingerprint density at radius 3 is 2.71 bits per heavy atom. The Morgan fingerprint density at radius 1 is 1.86 bits per heavy atom. The molecule has 38 valence electrons. The summed E-state index contributed by atoms with van der Waals surface area (Å²) in [5, 5.41) is 1.81. The molecule has 1 heterocycles. The predicted molar refractivity (Wildman–Crippen MR) is 35.9 cm³/mol. The second-order valence-electron chi connectivity index (χ2n) is 1.11. The maximum Gasteiger partial charge on any atom is 0.135 e. The normalized spacial score (nSPS) is 9.29. The van der Waals surface area contributed by atoms with Crippen molar-refractivity contribution in [2.24, 2.45) is 0 Å². The first-order valence-corrected chi connectivity index (χ1v) is 3.21. The summed E-state index contributed by atoms with van der Waals surface area (Å²) in [6.45, 7) is 0. The summed E-state index contributed by atoms with van der Waals surface area (Å²) in [6, 6.07) is 0. The highest BCUT2D eigenvalue weighted by atomic mass is 32.1. The van der Waals surface area contributed by atoms with E-state index < -0.39 is 0 Å². The SMILES string of the molecule is Nc1csc(P)n1. The van der Waals surface area contributed by atoms with Crippen LogP contribution in [0.2, 0.25) is 0 Å². The fourth-order valence-electron chi connectivity index (χ4n) is 0.301. The van der Waals surface area contributed by atoms with Crippen LogP contribution in [0, 0.1) is 0 Å².